The van der Waals surface area contributed by atoms with Crippen molar-refractivity contribution >= 4 is 23.2 Å². The Kier molecular flexibility index (Phi) is 7.15. The summed E-state index contributed by atoms with van der Waals surface area (Å²) in [6, 6.07) is 5.07. The Morgan fingerprint density at radius 2 is 1.88 bits per heavy atom. The minimum atomic E-state index is -5.88. The topological polar surface area (TPSA) is 74.7 Å². The van der Waals surface area contributed by atoms with Gasteiger partial charge in [0.2, 0.25) is 0 Å². The number of carbonyl (C=O) groups is 1. The lowest BCUT2D eigenvalue weighted by molar-refractivity contribution is -0.289. The molecule has 2 N–H and O–H groups in total. The molecule has 0 radical (unpaired) electrons. The lowest BCUT2D eigenvalue weighted by Gasteiger charge is -2.34. The maximum atomic E-state index is 14.2. The molecule has 0 spiro atoms. The molecule has 3 rings (SSSR count). The molecule has 6 nitrogen and oxygen atoms in total. The van der Waals surface area contributed by atoms with Crippen LogP contribution in [-0.2, 0) is 5.92 Å². The molecule has 1 aliphatic heterocycles. The molecule has 0 bridgehead atoms. The van der Waals surface area contributed by atoms with Gasteiger partial charge in [0.05, 0.1) is 11.1 Å². The molecule has 2 heterocycles. The molecular weight excluding hydrogens is 473 g/mol. The summed E-state index contributed by atoms with van der Waals surface area (Å²) in [6.07, 6.45) is -2.90. The highest BCUT2D eigenvalue weighted by molar-refractivity contribution is 6.33. The third-order valence-corrected chi connectivity index (χ3v) is 5.53. The number of benzene rings is 1. The molecule has 1 amide bonds. The maximum Gasteiger partial charge on any atom is 0.458 e. The van der Waals surface area contributed by atoms with Crippen LogP contribution in [0.25, 0.3) is 0 Å². The SMILES string of the molecule is C[C@@](O)(COc1cc(NC(=O)c2cccnc2Cl)ccc1C(F)(F)C(F)(F)F)N1CCCC1. The van der Waals surface area contributed by atoms with Crippen molar-refractivity contribution in [3.05, 3.63) is 52.8 Å². The summed E-state index contributed by atoms with van der Waals surface area (Å²) in [5, 5.41) is 12.9. The van der Waals surface area contributed by atoms with Gasteiger partial charge in [-0.15, -0.1) is 0 Å². The van der Waals surface area contributed by atoms with E-state index in [1.54, 1.807) is 4.90 Å². The fourth-order valence-electron chi connectivity index (χ4n) is 3.39. The molecule has 12 heteroatoms. The summed E-state index contributed by atoms with van der Waals surface area (Å²) in [7, 11) is 0. The first-order valence-corrected chi connectivity index (χ1v) is 10.3. The van der Waals surface area contributed by atoms with Crippen LogP contribution in [0, 0.1) is 0 Å². The number of rotatable bonds is 7. The number of hydrogen-bond donors (Lipinski definition) is 2. The number of nitrogens with one attached hydrogen (secondary N) is 1. The third kappa shape index (κ3) is 5.53. The Morgan fingerprint density at radius 1 is 1.21 bits per heavy atom. The molecule has 0 saturated carbocycles. The van der Waals surface area contributed by atoms with Gasteiger partial charge >= 0.3 is 12.1 Å². The van der Waals surface area contributed by atoms with Gasteiger partial charge in [-0.1, -0.05) is 11.6 Å². The van der Waals surface area contributed by atoms with Crippen LogP contribution in [0.1, 0.15) is 35.7 Å². The van der Waals surface area contributed by atoms with E-state index < -0.39 is 41.7 Å². The third-order valence-electron chi connectivity index (χ3n) is 5.23. The van der Waals surface area contributed by atoms with Crippen molar-refractivity contribution in [3.8, 4) is 5.75 Å². The second-order valence-electron chi connectivity index (χ2n) is 7.78. The molecule has 1 atom stereocenters. The Bertz CT molecular complexity index is 1010. The number of carbonyl (C=O) groups excluding carboxylic acids is 1. The Balaban J connectivity index is 1.91. The highest BCUT2D eigenvalue weighted by Crippen LogP contribution is 2.47. The van der Waals surface area contributed by atoms with Gasteiger partial charge in [0.15, 0.2) is 0 Å². The quantitative estimate of drug-likeness (QED) is 0.427. The molecule has 1 fully saturated rings. The molecule has 0 unspecified atom stereocenters. The lowest BCUT2D eigenvalue weighted by Crippen LogP contribution is -2.49. The average molecular weight is 494 g/mol. The van der Waals surface area contributed by atoms with E-state index in [4.69, 9.17) is 16.3 Å². The maximum absolute atomic E-state index is 14.2. The molecule has 33 heavy (non-hydrogen) atoms. The van der Waals surface area contributed by atoms with Gasteiger partial charge in [0.1, 0.15) is 23.2 Å². The molecule has 0 aliphatic carbocycles. The van der Waals surface area contributed by atoms with Crippen LogP contribution in [-0.4, -0.2) is 52.5 Å². The predicted molar refractivity (Wildman–Crippen MR) is 111 cm³/mol. The summed E-state index contributed by atoms with van der Waals surface area (Å²) in [5.74, 6) is -6.80. The Morgan fingerprint density at radius 3 is 2.48 bits per heavy atom. The van der Waals surface area contributed by atoms with Gasteiger partial charge in [0, 0.05) is 31.0 Å². The zero-order valence-corrected chi connectivity index (χ0v) is 18.2. The zero-order valence-electron chi connectivity index (χ0n) is 17.4. The van der Waals surface area contributed by atoms with Crippen molar-refractivity contribution in [2.24, 2.45) is 0 Å². The Hall–Kier alpha value is -2.50. The number of hydrogen-bond acceptors (Lipinski definition) is 5. The summed E-state index contributed by atoms with van der Waals surface area (Å²) >= 11 is 5.86. The number of aliphatic hydroxyl groups is 1. The number of nitrogens with zero attached hydrogens (tertiary/aromatic N) is 2. The van der Waals surface area contributed by atoms with Crippen molar-refractivity contribution < 1.29 is 36.6 Å². The highest BCUT2D eigenvalue weighted by atomic mass is 35.5. The minimum absolute atomic E-state index is 0.0247. The standard InChI is InChI=1S/C21H21ClF5N3O3/c1-19(32,30-9-2-3-10-30)12-33-16-11-13(6-7-15(16)20(23,24)21(25,26)27)29-18(31)14-5-4-8-28-17(14)22/h4-8,11,32H,2-3,9-10,12H2,1H3,(H,29,31)/t19-/m1/s1. The number of aromatic nitrogens is 1. The van der Waals surface area contributed by atoms with E-state index >= 15 is 0 Å². The van der Waals surface area contributed by atoms with Crippen molar-refractivity contribution in [2.45, 2.75) is 37.6 Å². The molecule has 1 aromatic heterocycles. The highest BCUT2D eigenvalue weighted by Gasteiger charge is 2.60. The number of ether oxygens (including phenoxy) is 1. The van der Waals surface area contributed by atoms with Gasteiger partial charge in [-0.25, -0.2) is 4.98 Å². The number of alkyl halides is 5. The van der Waals surface area contributed by atoms with E-state index in [0.717, 1.165) is 25.0 Å². The molecule has 1 aliphatic rings. The van der Waals surface area contributed by atoms with E-state index in [-0.39, 0.29) is 16.4 Å². The van der Waals surface area contributed by atoms with Gasteiger partial charge in [-0.2, -0.15) is 22.0 Å². The van der Waals surface area contributed by atoms with Gasteiger partial charge in [-0.3, -0.25) is 9.69 Å². The van der Waals surface area contributed by atoms with Crippen molar-refractivity contribution in [3.63, 3.8) is 0 Å². The number of halogens is 6. The van der Waals surface area contributed by atoms with Gasteiger partial charge in [-0.05, 0) is 44.0 Å². The van der Waals surface area contributed by atoms with Gasteiger partial charge in [0.25, 0.3) is 5.91 Å². The fourth-order valence-corrected chi connectivity index (χ4v) is 3.60. The van der Waals surface area contributed by atoms with Crippen LogP contribution < -0.4 is 10.1 Å². The smallest absolute Gasteiger partial charge is 0.458 e. The average Bonchev–Trinajstić information content (AvgIpc) is 3.28. The molecule has 1 aromatic carbocycles. The van der Waals surface area contributed by atoms with E-state index in [9.17, 15) is 31.9 Å². The predicted octanol–water partition coefficient (Wildman–Crippen LogP) is 4.82. The fraction of sp³-hybridized carbons (Fsp3) is 0.429. The summed E-state index contributed by atoms with van der Waals surface area (Å²) in [5.41, 5.74) is -3.17. The first-order chi connectivity index (χ1) is 15.3. The van der Waals surface area contributed by atoms with Crippen molar-refractivity contribution in [1.82, 2.24) is 9.88 Å². The van der Waals surface area contributed by atoms with Crippen LogP contribution in [0.15, 0.2) is 36.5 Å². The number of amides is 1. The van der Waals surface area contributed by atoms with E-state index in [1.807, 2.05) is 0 Å². The monoisotopic (exact) mass is 493 g/mol. The molecular formula is C21H21ClF5N3O3. The van der Waals surface area contributed by atoms with Crippen LogP contribution >= 0.6 is 11.6 Å². The second kappa shape index (κ2) is 9.40. The van der Waals surface area contributed by atoms with E-state index in [1.165, 1.54) is 25.3 Å². The van der Waals surface area contributed by atoms with Crippen LogP contribution in [0.5, 0.6) is 5.75 Å². The largest absolute Gasteiger partial charge is 0.489 e. The van der Waals surface area contributed by atoms with Crippen molar-refractivity contribution in [1.29, 1.82) is 0 Å². The summed E-state index contributed by atoms with van der Waals surface area (Å²) in [6.45, 7) is 1.88. The molecule has 2 aromatic rings. The van der Waals surface area contributed by atoms with Crippen LogP contribution in [0.4, 0.5) is 27.6 Å². The first-order valence-electron chi connectivity index (χ1n) is 9.94. The minimum Gasteiger partial charge on any atom is -0.489 e. The summed E-state index contributed by atoms with van der Waals surface area (Å²) in [4.78, 5) is 17.8. The number of anilines is 1. The van der Waals surface area contributed by atoms with Gasteiger partial charge < -0.3 is 15.2 Å². The first kappa shape index (κ1) is 25.1. The van der Waals surface area contributed by atoms with Crippen LogP contribution in [0.3, 0.4) is 0 Å². The number of pyridine rings is 1. The number of likely N-dealkylation sites (tertiary alicyclic amines) is 1. The van der Waals surface area contributed by atoms with E-state index in [2.05, 4.69) is 10.3 Å². The van der Waals surface area contributed by atoms with E-state index in [0.29, 0.717) is 19.2 Å². The Labute approximate surface area is 191 Å². The van der Waals surface area contributed by atoms with Crippen molar-refractivity contribution in [2.75, 3.05) is 25.0 Å². The summed E-state index contributed by atoms with van der Waals surface area (Å²) < 4.78 is 72.7. The molecule has 180 valence electrons. The normalized spacial score (nSPS) is 17.0. The molecule has 1 saturated heterocycles. The zero-order chi connectivity index (χ0) is 24.4. The second-order valence-corrected chi connectivity index (χ2v) is 8.14. The van der Waals surface area contributed by atoms with Crippen LogP contribution in [0.2, 0.25) is 5.15 Å². The lowest BCUT2D eigenvalue weighted by atomic mass is 10.1.